The highest BCUT2D eigenvalue weighted by Gasteiger charge is 2.30. The molecule has 4 rings (SSSR count). The fourth-order valence-corrected chi connectivity index (χ4v) is 6.52. The van der Waals surface area contributed by atoms with E-state index in [2.05, 4.69) is 98.0 Å². The molecule has 222 valence electrons. The van der Waals surface area contributed by atoms with Crippen LogP contribution >= 0.6 is 0 Å². The van der Waals surface area contributed by atoms with Crippen LogP contribution in [0.15, 0.2) is 48.5 Å². The van der Waals surface area contributed by atoms with Gasteiger partial charge in [-0.25, -0.2) is 0 Å². The second-order valence-electron chi connectivity index (χ2n) is 14.2. The Morgan fingerprint density at radius 1 is 0.750 bits per heavy atom. The molecule has 0 unspecified atom stereocenters. The first-order valence-electron chi connectivity index (χ1n) is 15.8. The van der Waals surface area contributed by atoms with Crippen molar-refractivity contribution in [3.63, 3.8) is 0 Å². The summed E-state index contributed by atoms with van der Waals surface area (Å²) >= 11 is 0. The van der Waals surface area contributed by atoms with E-state index in [1.54, 1.807) is 0 Å². The second-order valence-corrected chi connectivity index (χ2v) is 14.2. The first-order chi connectivity index (χ1) is 19.0. The molecule has 2 aromatic rings. The average molecular weight is 549 g/mol. The maximum Gasteiger partial charge on any atom is 0.115 e. The van der Waals surface area contributed by atoms with Gasteiger partial charge in [-0.15, -0.1) is 0 Å². The van der Waals surface area contributed by atoms with Gasteiger partial charge in [-0.05, 0) is 115 Å². The van der Waals surface area contributed by atoms with E-state index in [0.29, 0.717) is 17.8 Å². The molecule has 40 heavy (non-hydrogen) atoms. The third-order valence-corrected chi connectivity index (χ3v) is 9.22. The Balaban J connectivity index is 1.32. The minimum Gasteiger partial charge on any atom is -0.508 e. The zero-order valence-electron chi connectivity index (χ0n) is 26.3. The molecule has 2 aliphatic rings. The molecular weight excluding hydrogens is 492 g/mol. The Hall–Kier alpha value is -1.92. The Morgan fingerprint density at radius 2 is 1.32 bits per heavy atom. The van der Waals surface area contributed by atoms with Crippen LogP contribution in [0.4, 0.5) is 0 Å². The van der Waals surface area contributed by atoms with Gasteiger partial charge in [0, 0.05) is 62.4 Å². The molecule has 0 radical (unpaired) electrons. The maximum absolute atomic E-state index is 9.70. The number of piperidine rings is 2. The first-order valence-corrected chi connectivity index (χ1v) is 15.8. The summed E-state index contributed by atoms with van der Waals surface area (Å²) in [4.78, 5) is 7.99. The number of nitrogens with one attached hydrogen (secondary N) is 1. The van der Waals surface area contributed by atoms with Crippen molar-refractivity contribution in [1.29, 1.82) is 0 Å². The Bertz CT molecular complexity index is 1020. The normalized spacial score (nSPS) is 19.0. The molecule has 2 aromatic carbocycles. The van der Waals surface area contributed by atoms with Gasteiger partial charge in [0.15, 0.2) is 0 Å². The van der Waals surface area contributed by atoms with E-state index in [-0.39, 0.29) is 11.1 Å². The number of phenols is 1. The van der Waals surface area contributed by atoms with Gasteiger partial charge in [-0.2, -0.15) is 0 Å². The summed E-state index contributed by atoms with van der Waals surface area (Å²) in [5.41, 5.74) is 4.70. The van der Waals surface area contributed by atoms with Crippen LogP contribution in [0.25, 0.3) is 0 Å². The summed E-state index contributed by atoms with van der Waals surface area (Å²) in [7, 11) is 0. The summed E-state index contributed by atoms with van der Waals surface area (Å²) in [6.45, 7) is 21.9. The van der Waals surface area contributed by atoms with Crippen molar-refractivity contribution in [2.45, 2.75) is 110 Å². The molecule has 5 heteroatoms. The predicted octanol–water partition coefficient (Wildman–Crippen LogP) is 6.09. The standard InChI is InChI=1S/C35H56N4O/c1-34(2,3)38-22-16-31(17-23-38)36-20-14-29-8-7-9-30(26-29)27-37(21-15-28-10-12-33(40)13-11-28)32-18-24-39(25-19-32)35(4,5)6/h7-13,26,31-32,36,40H,14-25,27H2,1-6H3. The SMILES string of the molecule is CC(C)(C)N1CCC(NCCc2cccc(CN(CCc3ccc(O)cc3)C3CCN(C(C)(C)C)CC3)c2)CC1. The molecule has 0 amide bonds. The van der Waals surface area contributed by atoms with Crippen LogP contribution in [0, 0.1) is 0 Å². The Morgan fingerprint density at radius 3 is 1.93 bits per heavy atom. The highest BCUT2D eigenvalue weighted by atomic mass is 16.3. The minimum absolute atomic E-state index is 0.244. The van der Waals surface area contributed by atoms with E-state index in [0.717, 1.165) is 32.5 Å². The second kappa shape index (κ2) is 13.8. The van der Waals surface area contributed by atoms with Crippen molar-refractivity contribution in [2.75, 3.05) is 39.3 Å². The van der Waals surface area contributed by atoms with Gasteiger partial charge in [0.25, 0.3) is 0 Å². The number of aromatic hydroxyl groups is 1. The molecule has 0 spiro atoms. The summed E-state index contributed by atoms with van der Waals surface area (Å²) in [5, 5.41) is 13.6. The molecule has 5 nitrogen and oxygen atoms in total. The predicted molar refractivity (Wildman–Crippen MR) is 169 cm³/mol. The third-order valence-electron chi connectivity index (χ3n) is 9.22. The zero-order valence-corrected chi connectivity index (χ0v) is 26.3. The van der Waals surface area contributed by atoms with Crippen molar-refractivity contribution >= 4 is 0 Å². The van der Waals surface area contributed by atoms with Crippen molar-refractivity contribution in [3.05, 3.63) is 65.2 Å². The first kappa shape index (κ1) is 31.0. The number of rotatable bonds is 10. The number of phenolic OH excluding ortho intramolecular Hbond substituents is 1. The topological polar surface area (TPSA) is 42.0 Å². The Kier molecular flexibility index (Phi) is 10.7. The number of nitrogens with zero attached hydrogens (tertiary/aromatic N) is 3. The van der Waals surface area contributed by atoms with Gasteiger partial charge < -0.3 is 10.4 Å². The lowest BCUT2D eigenvalue weighted by Crippen LogP contribution is -2.51. The van der Waals surface area contributed by atoms with Crippen LogP contribution in [0.5, 0.6) is 5.75 Å². The molecule has 2 fully saturated rings. The Labute approximate surface area is 244 Å². The monoisotopic (exact) mass is 548 g/mol. The van der Waals surface area contributed by atoms with Gasteiger partial charge in [-0.1, -0.05) is 36.4 Å². The summed E-state index contributed by atoms with van der Waals surface area (Å²) in [6, 6.07) is 18.3. The number of hydrogen-bond donors (Lipinski definition) is 2. The maximum atomic E-state index is 9.70. The van der Waals surface area contributed by atoms with Crippen LogP contribution in [-0.4, -0.2) is 82.2 Å². The van der Waals surface area contributed by atoms with Crippen LogP contribution in [0.2, 0.25) is 0 Å². The lowest BCUT2D eigenvalue weighted by atomic mass is 9.96. The largest absolute Gasteiger partial charge is 0.508 e. The van der Waals surface area contributed by atoms with Gasteiger partial charge in [0.05, 0.1) is 0 Å². The molecule has 0 saturated carbocycles. The quantitative estimate of drug-likeness (QED) is 0.376. The summed E-state index contributed by atoms with van der Waals surface area (Å²) < 4.78 is 0. The van der Waals surface area contributed by atoms with Crippen molar-refractivity contribution in [3.8, 4) is 5.75 Å². The molecule has 0 aromatic heterocycles. The van der Waals surface area contributed by atoms with Gasteiger partial charge in [0.1, 0.15) is 5.75 Å². The fourth-order valence-electron chi connectivity index (χ4n) is 6.52. The highest BCUT2D eigenvalue weighted by Crippen LogP contribution is 2.25. The molecule has 2 saturated heterocycles. The van der Waals surface area contributed by atoms with Gasteiger partial charge in [0.2, 0.25) is 0 Å². The van der Waals surface area contributed by atoms with Crippen LogP contribution in [-0.2, 0) is 19.4 Å². The molecule has 0 atom stereocenters. The highest BCUT2D eigenvalue weighted by molar-refractivity contribution is 5.26. The van der Waals surface area contributed by atoms with E-state index >= 15 is 0 Å². The third kappa shape index (κ3) is 9.30. The molecule has 2 aliphatic heterocycles. The van der Waals surface area contributed by atoms with Gasteiger partial charge in [-0.3, -0.25) is 14.7 Å². The zero-order chi connectivity index (χ0) is 28.8. The van der Waals surface area contributed by atoms with Gasteiger partial charge >= 0.3 is 0 Å². The van der Waals surface area contributed by atoms with Crippen molar-refractivity contribution in [2.24, 2.45) is 0 Å². The van der Waals surface area contributed by atoms with E-state index in [1.165, 1.54) is 68.6 Å². The molecule has 2 N–H and O–H groups in total. The number of likely N-dealkylation sites (tertiary alicyclic amines) is 2. The summed E-state index contributed by atoms with van der Waals surface area (Å²) in [6.07, 6.45) is 7.06. The average Bonchev–Trinajstić information content (AvgIpc) is 2.91. The van der Waals surface area contributed by atoms with E-state index in [9.17, 15) is 5.11 Å². The van der Waals surface area contributed by atoms with Crippen LogP contribution in [0.1, 0.15) is 83.9 Å². The summed E-state index contributed by atoms with van der Waals surface area (Å²) in [5.74, 6) is 0.344. The van der Waals surface area contributed by atoms with Crippen LogP contribution < -0.4 is 5.32 Å². The van der Waals surface area contributed by atoms with E-state index in [1.807, 2.05) is 12.1 Å². The van der Waals surface area contributed by atoms with Crippen molar-refractivity contribution < 1.29 is 5.11 Å². The van der Waals surface area contributed by atoms with Crippen LogP contribution in [0.3, 0.4) is 0 Å². The van der Waals surface area contributed by atoms with Crippen molar-refractivity contribution in [1.82, 2.24) is 20.0 Å². The molecular formula is C35H56N4O. The number of hydrogen-bond acceptors (Lipinski definition) is 5. The van der Waals surface area contributed by atoms with E-state index < -0.39 is 0 Å². The lowest BCUT2D eigenvalue weighted by Gasteiger charge is -2.44. The lowest BCUT2D eigenvalue weighted by molar-refractivity contribution is 0.0536. The fraction of sp³-hybridized carbons (Fsp3) is 0.657. The minimum atomic E-state index is 0.244. The molecule has 0 bridgehead atoms. The van der Waals surface area contributed by atoms with E-state index in [4.69, 9.17) is 0 Å². The molecule has 2 heterocycles. The molecule has 0 aliphatic carbocycles. The number of benzene rings is 2. The smallest absolute Gasteiger partial charge is 0.115 e.